The van der Waals surface area contributed by atoms with Crippen molar-refractivity contribution in [2.24, 2.45) is 5.92 Å². The van der Waals surface area contributed by atoms with Crippen LogP contribution in [-0.2, 0) is 19.0 Å². The highest BCUT2D eigenvalue weighted by Gasteiger charge is 2.32. The van der Waals surface area contributed by atoms with Crippen LogP contribution in [0, 0.1) is 5.92 Å². The summed E-state index contributed by atoms with van der Waals surface area (Å²) < 4.78 is 15.4. The van der Waals surface area contributed by atoms with Crippen LogP contribution < -0.4 is 10.6 Å². The van der Waals surface area contributed by atoms with Gasteiger partial charge in [0.2, 0.25) is 5.91 Å². The summed E-state index contributed by atoms with van der Waals surface area (Å²) in [5.74, 6) is -0.0730. The molecule has 17 heavy (non-hydrogen) atoms. The Morgan fingerprint density at radius 1 is 1.35 bits per heavy atom. The summed E-state index contributed by atoms with van der Waals surface area (Å²) in [5, 5.41) is 5.92. The van der Waals surface area contributed by atoms with Gasteiger partial charge in [-0.15, -0.1) is 0 Å². The van der Waals surface area contributed by atoms with E-state index in [2.05, 4.69) is 10.6 Å². The fraction of sp³-hybridized carbons (Fsp3) is 0.909. The number of hydrogen-bond acceptors (Lipinski definition) is 5. The maximum absolute atomic E-state index is 11.8. The third-order valence-corrected chi connectivity index (χ3v) is 2.77. The first-order valence-electron chi connectivity index (χ1n) is 5.89. The van der Waals surface area contributed by atoms with Crippen molar-refractivity contribution in [3.8, 4) is 0 Å². The summed E-state index contributed by atoms with van der Waals surface area (Å²) in [6, 6.07) is 0.115. The minimum absolute atomic E-state index is 0.0252. The molecule has 0 saturated carbocycles. The second-order valence-electron chi connectivity index (χ2n) is 3.94. The number of nitrogens with one attached hydrogen (secondary N) is 2. The molecule has 2 atom stereocenters. The van der Waals surface area contributed by atoms with E-state index in [0.717, 1.165) is 0 Å². The minimum Gasteiger partial charge on any atom is -0.382 e. The van der Waals surface area contributed by atoms with Crippen molar-refractivity contribution in [1.29, 1.82) is 0 Å². The van der Waals surface area contributed by atoms with E-state index >= 15 is 0 Å². The molecule has 0 aromatic heterocycles. The van der Waals surface area contributed by atoms with Gasteiger partial charge in [-0.3, -0.25) is 4.79 Å². The number of rotatable bonds is 8. The van der Waals surface area contributed by atoms with Crippen molar-refractivity contribution in [2.75, 3.05) is 53.7 Å². The van der Waals surface area contributed by atoms with Gasteiger partial charge in [-0.1, -0.05) is 0 Å². The number of hydrogen-bond donors (Lipinski definition) is 2. The van der Waals surface area contributed by atoms with Crippen molar-refractivity contribution in [3.63, 3.8) is 0 Å². The van der Waals surface area contributed by atoms with Crippen LogP contribution in [0.25, 0.3) is 0 Å². The first-order chi connectivity index (χ1) is 8.29. The van der Waals surface area contributed by atoms with E-state index in [1.807, 2.05) is 7.05 Å². The van der Waals surface area contributed by atoms with Crippen LogP contribution in [0.2, 0.25) is 0 Å². The monoisotopic (exact) mass is 246 g/mol. The largest absolute Gasteiger partial charge is 0.382 e. The van der Waals surface area contributed by atoms with Crippen LogP contribution in [0.15, 0.2) is 0 Å². The Hall–Kier alpha value is -0.690. The summed E-state index contributed by atoms with van der Waals surface area (Å²) in [5.41, 5.74) is 0. The third kappa shape index (κ3) is 4.99. The van der Waals surface area contributed by atoms with Gasteiger partial charge in [0, 0.05) is 19.7 Å². The molecular formula is C11H22N2O4. The Kier molecular flexibility index (Phi) is 7.11. The molecule has 2 unspecified atom stereocenters. The second kappa shape index (κ2) is 8.41. The molecular weight excluding hydrogens is 224 g/mol. The molecule has 0 aliphatic carbocycles. The van der Waals surface area contributed by atoms with Crippen LogP contribution >= 0.6 is 0 Å². The predicted octanol–water partition coefficient (Wildman–Crippen LogP) is -1.000. The molecule has 1 aliphatic rings. The van der Waals surface area contributed by atoms with Crippen LogP contribution in [0.1, 0.15) is 0 Å². The van der Waals surface area contributed by atoms with Crippen molar-refractivity contribution in [3.05, 3.63) is 0 Å². The Morgan fingerprint density at radius 3 is 2.88 bits per heavy atom. The van der Waals surface area contributed by atoms with Crippen molar-refractivity contribution in [2.45, 2.75) is 6.04 Å². The molecule has 0 radical (unpaired) electrons. The van der Waals surface area contributed by atoms with E-state index in [0.29, 0.717) is 39.6 Å². The van der Waals surface area contributed by atoms with Crippen LogP contribution in [0.3, 0.4) is 0 Å². The number of carbonyl (C=O) groups is 1. The molecule has 0 bridgehead atoms. The van der Waals surface area contributed by atoms with Gasteiger partial charge in [-0.25, -0.2) is 0 Å². The molecule has 0 aromatic rings. The summed E-state index contributed by atoms with van der Waals surface area (Å²) in [6.07, 6.45) is 0. The van der Waals surface area contributed by atoms with Gasteiger partial charge < -0.3 is 24.8 Å². The molecule has 6 heteroatoms. The average Bonchev–Trinajstić information content (AvgIpc) is 2.81. The zero-order valence-electron chi connectivity index (χ0n) is 10.5. The van der Waals surface area contributed by atoms with Crippen molar-refractivity contribution >= 4 is 5.91 Å². The van der Waals surface area contributed by atoms with Crippen molar-refractivity contribution < 1.29 is 19.0 Å². The van der Waals surface area contributed by atoms with Gasteiger partial charge in [0.05, 0.1) is 39.0 Å². The van der Waals surface area contributed by atoms with Crippen LogP contribution in [0.5, 0.6) is 0 Å². The molecule has 6 nitrogen and oxygen atoms in total. The number of methoxy groups -OCH3 is 1. The van der Waals surface area contributed by atoms with Gasteiger partial charge in [-0.05, 0) is 7.05 Å². The first-order valence-corrected chi connectivity index (χ1v) is 5.89. The van der Waals surface area contributed by atoms with E-state index in [4.69, 9.17) is 14.2 Å². The average molecular weight is 246 g/mol. The van der Waals surface area contributed by atoms with Crippen LogP contribution in [-0.4, -0.2) is 65.7 Å². The maximum atomic E-state index is 11.8. The fourth-order valence-corrected chi connectivity index (χ4v) is 1.72. The van der Waals surface area contributed by atoms with Crippen molar-refractivity contribution in [1.82, 2.24) is 10.6 Å². The third-order valence-electron chi connectivity index (χ3n) is 2.77. The Bertz CT molecular complexity index is 226. The van der Waals surface area contributed by atoms with E-state index in [9.17, 15) is 4.79 Å². The molecule has 0 spiro atoms. The lowest BCUT2D eigenvalue weighted by atomic mass is 10.0. The highest BCUT2D eigenvalue weighted by molar-refractivity contribution is 5.79. The molecule has 1 rings (SSSR count). The van der Waals surface area contributed by atoms with Gasteiger partial charge in [-0.2, -0.15) is 0 Å². The lowest BCUT2D eigenvalue weighted by molar-refractivity contribution is -0.125. The number of ether oxygens (including phenoxy) is 3. The highest BCUT2D eigenvalue weighted by Crippen LogP contribution is 2.12. The number of carbonyl (C=O) groups excluding carboxylic acids is 1. The standard InChI is InChI=1S/C11H22N2O4/c1-12-10-8-17-7-9(10)11(14)13-3-4-16-6-5-15-2/h9-10,12H,3-8H2,1-2H3,(H,13,14). The van der Waals surface area contributed by atoms with E-state index in [1.165, 1.54) is 0 Å². The Morgan fingerprint density at radius 2 is 2.18 bits per heavy atom. The normalized spacial score (nSPS) is 23.9. The van der Waals surface area contributed by atoms with Crippen LogP contribution in [0.4, 0.5) is 0 Å². The molecule has 1 fully saturated rings. The molecule has 1 saturated heterocycles. The molecule has 1 heterocycles. The van der Waals surface area contributed by atoms with E-state index in [1.54, 1.807) is 7.11 Å². The number of amides is 1. The first kappa shape index (κ1) is 14.4. The van der Waals surface area contributed by atoms with Gasteiger partial charge in [0.15, 0.2) is 0 Å². The summed E-state index contributed by atoms with van der Waals surface area (Å²) >= 11 is 0. The predicted molar refractivity (Wildman–Crippen MR) is 62.9 cm³/mol. The SMILES string of the molecule is CNC1COCC1C(=O)NCCOCCOC. The van der Waals surface area contributed by atoms with E-state index in [-0.39, 0.29) is 17.9 Å². The summed E-state index contributed by atoms with van der Waals surface area (Å²) in [7, 11) is 3.47. The lowest BCUT2D eigenvalue weighted by Crippen LogP contribution is -2.43. The molecule has 2 N–H and O–H groups in total. The zero-order valence-corrected chi connectivity index (χ0v) is 10.5. The van der Waals surface area contributed by atoms with Gasteiger partial charge in [0.1, 0.15) is 0 Å². The topological polar surface area (TPSA) is 68.8 Å². The molecule has 1 aliphatic heterocycles. The summed E-state index contributed by atoms with van der Waals surface area (Å²) in [4.78, 5) is 11.8. The molecule has 1 amide bonds. The fourth-order valence-electron chi connectivity index (χ4n) is 1.72. The lowest BCUT2D eigenvalue weighted by Gasteiger charge is -2.16. The van der Waals surface area contributed by atoms with Gasteiger partial charge in [0.25, 0.3) is 0 Å². The van der Waals surface area contributed by atoms with Gasteiger partial charge >= 0.3 is 0 Å². The Balaban J connectivity index is 2.08. The molecule has 100 valence electrons. The maximum Gasteiger partial charge on any atom is 0.227 e. The highest BCUT2D eigenvalue weighted by atomic mass is 16.5. The number of likely N-dealkylation sites (N-methyl/N-ethyl adjacent to an activating group) is 1. The quantitative estimate of drug-likeness (QED) is 0.538. The zero-order chi connectivity index (χ0) is 12.5. The molecule has 0 aromatic carbocycles. The summed E-state index contributed by atoms with van der Waals surface area (Å²) in [6.45, 7) is 3.24. The smallest absolute Gasteiger partial charge is 0.227 e. The van der Waals surface area contributed by atoms with E-state index < -0.39 is 0 Å². The Labute approximate surface area is 102 Å². The second-order valence-corrected chi connectivity index (χ2v) is 3.94. The minimum atomic E-state index is -0.0982.